The number of benzene rings is 1. The second-order valence-electron chi connectivity index (χ2n) is 7.91. The summed E-state index contributed by atoms with van der Waals surface area (Å²) in [5.74, 6) is -0.913. The van der Waals surface area contributed by atoms with Crippen LogP contribution in [0, 0.1) is 0 Å². The Morgan fingerprint density at radius 3 is 1.97 bits per heavy atom. The molecule has 1 unspecified atom stereocenters. The summed E-state index contributed by atoms with van der Waals surface area (Å²) in [7, 11) is 1.44. The second kappa shape index (κ2) is 12.0. The van der Waals surface area contributed by atoms with Gasteiger partial charge in [-0.05, 0) is 52.3 Å². The largest absolute Gasteiger partial charge is 0.513 e. The molecule has 1 aliphatic rings. The molecule has 1 aromatic rings. The van der Waals surface area contributed by atoms with Crippen molar-refractivity contribution in [1.82, 2.24) is 4.90 Å². The Morgan fingerprint density at radius 2 is 1.51 bits per heavy atom. The highest BCUT2D eigenvalue weighted by atomic mass is 19.4. The van der Waals surface area contributed by atoms with Crippen LogP contribution in [0.1, 0.15) is 51.7 Å². The van der Waals surface area contributed by atoms with Crippen molar-refractivity contribution in [3.63, 3.8) is 0 Å². The average molecular weight is 501 g/mol. The number of ether oxygens (including phenoxy) is 5. The van der Waals surface area contributed by atoms with Crippen LogP contribution in [0.4, 0.5) is 22.8 Å². The third-order valence-corrected chi connectivity index (χ3v) is 5.16. The molecule has 0 aromatic heterocycles. The van der Waals surface area contributed by atoms with E-state index in [1.165, 1.54) is 19.2 Å². The number of hydrogen-bond acceptors (Lipinski definition) is 8. The normalized spacial score (nSPS) is 16.5. The summed E-state index contributed by atoms with van der Waals surface area (Å²) in [5, 5.41) is 0. The Labute approximate surface area is 202 Å². The molecule has 0 saturated heterocycles. The summed E-state index contributed by atoms with van der Waals surface area (Å²) in [6.45, 7) is 9.00. The molecule has 0 bridgehead atoms. The topological polar surface area (TPSA) is 83.5 Å². The van der Waals surface area contributed by atoms with Gasteiger partial charge in [0.1, 0.15) is 24.0 Å². The maximum Gasteiger partial charge on any atom is 0.513 e. The molecule has 0 amide bonds. The van der Waals surface area contributed by atoms with Crippen LogP contribution < -0.4 is 0 Å². The number of hydrogen-bond donors (Lipinski definition) is 0. The number of carbonyl (C=O) groups is 2. The molecule has 0 saturated carbocycles. The Morgan fingerprint density at radius 1 is 0.971 bits per heavy atom. The quantitative estimate of drug-likeness (QED) is 0.319. The third-order valence-electron chi connectivity index (χ3n) is 5.16. The molecular weight excluding hydrogens is 471 g/mol. The molecule has 0 fully saturated rings. The fourth-order valence-electron chi connectivity index (χ4n) is 3.60. The van der Waals surface area contributed by atoms with Gasteiger partial charge < -0.3 is 28.6 Å². The van der Waals surface area contributed by atoms with Gasteiger partial charge in [0.15, 0.2) is 0 Å². The van der Waals surface area contributed by atoms with Crippen molar-refractivity contribution >= 4 is 12.3 Å². The standard InChI is InChI=1S/C24H30F3NO7/c1-7-28-15(4)20(34-22(29)32-13-12-31-6)19(17-8-10-18(11-9-17)24(25,26)27)21(16(28)5)35-23(30)33-14(2)3/h8-11,14,19H,7,12-13H2,1-6H3. The van der Waals surface area contributed by atoms with Gasteiger partial charge in [-0.15, -0.1) is 0 Å². The van der Waals surface area contributed by atoms with Crippen LogP contribution in [0.5, 0.6) is 0 Å². The van der Waals surface area contributed by atoms with Crippen LogP contribution >= 0.6 is 0 Å². The lowest BCUT2D eigenvalue weighted by Crippen LogP contribution is -2.33. The highest BCUT2D eigenvalue weighted by molar-refractivity contribution is 5.65. The summed E-state index contributed by atoms with van der Waals surface area (Å²) in [4.78, 5) is 26.5. The second-order valence-corrected chi connectivity index (χ2v) is 7.91. The van der Waals surface area contributed by atoms with Gasteiger partial charge in [-0.2, -0.15) is 13.2 Å². The van der Waals surface area contributed by atoms with Crippen molar-refractivity contribution in [3.05, 3.63) is 58.3 Å². The first-order valence-corrected chi connectivity index (χ1v) is 11.0. The zero-order valence-corrected chi connectivity index (χ0v) is 20.5. The van der Waals surface area contributed by atoms with E-state index in [0.29, 0.717) is 23.5 Å². The molecule has 1 atom stereocenters. The minimum Gasteiger partial charge on any atom is -0.432 e. The molecule has 0 aliphatic carbocycles. The lowest BCUT2D eigenvalue weighted by molar-refractivity contribution is -0.137. The van der Waals surface area contributed by atoms with E-state index in [-0.39, 0.29) is 24.7 Å². The van der Waals surface area contributed by atoms with E-state index in [0.717, 1.165) is 12.1 Å². The van der Waals surface area contributed by atoms with E-state index < -0.39 is 36.1 Å². The Hall–Kier alpha value is -3.21. The summed E-state index contributed by atoms with van der Waals surface area (Å²) < 4.78 is 65.4. The highest BCUT2D eigenvalue weighted by Gasteiger charge is 2.39. The Balaban J connectivity index is 2.57. The van der Waals surface area contributed by atoms with Crippen molar-refractivity contribution in [3.8, 4) is 0 Å². The van der Waals surface area contributed by atoms with Crippen LogP contribution in [0.2, 0.25) is 0 Å². The number of carbonyl (C=O) groups excluding carboxylic acids is 2. The van der Waals surface area contributed by atoms with Crippen LogP contribution in [0.25, 0.3) is 0 Å². The molecule has 11 heteroatoms. The first-order valence-electron chi connectivity index (χ1n) is 11.0. The van der Waals surface area contributed by atoms with Gasteiger partial charge in [-0.3, -0.25) is 0 Å². The predicted octanol–water partition coefficient (Wildman–Crippen LogP) is 5.95. The van der Waals surface area contributed by atoms with Gasteiger partial charge >= 0.3 is 18.5 Å². The fraction of sp³-hybridized carbons (Fsp3) is 0.500. The summed E-state index contributed by atoms with van der Waals surface area (Å²) in [5.41, 5.74) is 0.468. The molecular formula is C24H30F3NO7. The molecule has 2 rings (SSSR count). The smallest absolute Gasteiger partial charge is 0.432 e. The zero-order chi connectivity index (χ0) is 26.3. The number of alkyl halides is 3. The first kappa shape index (κ1) is 28.0. The first-order chi connectivity index (χ1) is 16.4. The number of halogens is 3. The van der Waals surface area contributed by atoms with Gasteiger partial charge in [-0.1, -0.05) is 12.1 Å². The summed E-state index contributed by atoms with van der Waals surface area (Å²) >= 11 is 0. The third kappa shape index (κ3) is 7.14. The minimum absolute atomic E-state index is 0.0481. The predicted molar refractivity (Wildman–Crippen MR) is 119 cm³/mol. The maximum absolute atomic E-state index is 13.1. The Kier molecular flexibility index (Phi) is 9.58. The minimum atomic E-state index is -4.54. The van der Waals surface area contributed by atoms with E-state index in [4.69, 9.17) is 23.7 Å². The van der Waals surface area contributed by atoms with Crippen LogP contribution in [0.15, 0.2) is 47.2 Å². The van der Waals surface area contributed by atoms with E-state index in [2.05, 4.69) is 0 Å². The summed E-state index contributed by atoms with van der Waals surface area (Å²) in [6, 6.07) is 4.30. The van der Waals surface area contributed by atoms with Crippen molar-refractivity contribution in [2.24, 2.45) is 0 Å². The monoisotopic (exact) mass is 501 g/mol. The van der Waals surface area contributed by atoms with Gasteiger partial charge in [0.05, 0.1) is 29.7 Å². The van der Waals surface area contributed by atoms with Crippen LogP contribution in [0.3, 0.4) is 0 Å². The average Bonchev–Trinajstić information content (AvgIpc) is 2.76. The number of allylic oxidation sites excluding steroid dienone is 2. The van der Waals surface area contributed by atoms with Gasteiger partial charge in [0.25, 0.3) is 0 Å². The lowest BCUT2D eigenvalue weighted by atomic mass is 9.89. The number of nitrogens with zero attached hydrogens (tertiary/aromatic N) is 1. The van der Waals surface area contributed by atoms with Crippen LogP contribution in [-0.4, -0.2) is 50.2 Å². The molecule has 0 N–H and O–H groups in total. The van der Waals surface area contributed by atoms with Crippen molar-refractivity contribution in [1.29, 1.82) is 0 Å². The van der Waals surface area contributed by atoms with Gasteiger partial charge in [-0.25, -0.2) is 9.59 Å². The van der Waals surface area contributed by atoms with E-state index in [1.54, 1.807) is 32.6 Å². The Bertz CT molecular complexity index is 968. The van der Waals surface area contributed by atoms with Crippen molar-refractivity contribution in [2.75, 3.05) is 26.9 Å². The zero-order valence-electron chi connectivity index (χ0n) is 20.5. The maximum atomic E-state index is 13.1. The van der Waals surface area contributed by atoms with E-state index in [1.807, 2.05) is 6.92 Å². The molecule has 35 heavy (non-hydrogen) atoms. The molecule has 0 radical (unpaired) electrons. The summed E-state index contributed by atoms with van der Waals surface area (Å²) in [6.07, 6.45) is -7.04. The fourth-order valence-corrected chi connectivity index (χ4v) is 3.60. The highest BCUT2D eigenvalue weighted by Crippen LogP contribution is 2.43. The molecule has 1 aromatic carbocycles. The number of rotatable bonds is 8. The van der Waals surface area contributed by atoms with Crippen LogP contribution in [-0.2, 0) is 29.9 Å². The van der Waals surface area contributed by atoms with Crippen molar-refractivity contribution in [2.45, 2.75) is 52.8 Å². The van der Waals surface area contributed by atoms with Gasteiger partial charge in [0.2, 0.25) is 0 Å². The molecule has 194 valence electrons. The SMILES string of the molecule is CCN1C(C)=C(OC(=O)OCCOC)C(c2ccc(C(F)(F)F)cc2)C(OC(=O)OC(C)C)=C1C. The van der Waals surface area contributed by atoms with E-state index in [9.17, 15) is 22.8 Å². The molecule has 1 aliphatic heterocycles. The molecule has 1 heterocycles. The van der Waals surface area contributed by atoms with Crippen molar-refractivity contribution < 1.29 is 46.4 Å². The van der Waals surface area contributed by atoms with E-state index >= 15 is 0 Å². The lowest BCUT2D eigenvalue weighted by Gasteiger charge is -2.37. The molecule has 8 nitrogen and oxygen atoms in total. The molecule has 0 spiro atoms. The number of methoxy groups -OCH3 is 1. The van der Waals surface area contributed by atoms with Gasteiger partial charge in [0, 0.05) is 13.7 Å².